The predicted octanol–water partition coefficient (Wildman–Crippen LogP) is 4.31. The molecule has 0 radical (unpaired) electrons. The molecule has 1 aromatic carbocycles. The maximum absolute atomic E-state index is 5.39. The minimum absolute atomic E-state index is 0.239. The van der Waals surface area contributed by atoms with Gasteiger partial charge >= 0.3 is 0 Å². The highest BCUT2D eigenvalue weighted by atomic mass is 79.9. The molecular formula is C13H13Br2NO. The van der Waals surface area contributed by atoms with Crippen LogP contribution in [0, 0.1) is 0 Å². The van der Waals surface area contributed by atoms with E-state index < -0.39 is 0 Å². The number of rotatable bonds is 4. The third-order valence-electron chi connectivity index (χ3n) is 2.67. The molecule has 0 aliphatic carbocycles. The lowest BCUT2D eigenvalue weighted by atomic mass is 10.0. The minimum Gasteiger partial charge on any atom is -0.469 e. The predicted molar refractivity (Wildman–Crippen MR) is 76.1 cm³/mol. The molecule has 17 heavy (non-hydrogen) atoms. The molecule has 2 rings (SSSR count). The van der Waals surface area contributed by atoms with Gasteiger partial charge in [0.15, 0.2) is 0 Å². The van der Waals surface area contributed by atoms with Crippen molar-refractivity contribution in [3.63, 3.8) is 0 Å². The van der Waals surface area contributed by atoms with Crippen LogP contribution in [0.3, 0.4) is 0 Å². The van der Waals surface area contributed by atoms with Crippen molar-refractivity contribution in [2.45, 2.75) is 12.5 Å². The SMILES string of the molecule is CNC(Cc1ccco1)c1ccc(Br)cc1Br. The van der Waals surface area contributed by atoms with Crippen LogP contribution in [-0.4, -0.2) is 7.05 Å². The summed E-state index contributed by atoms with van der Waals surface area (Å²) in [5, 5.41) is 3.31. The third-order valence-corrected chi connectivity index (χ3v) is 3.85. The average Bonchev–Trinajstić information content (AvgIpc) is 2.79. The number of hydrogen-bond donors (Lipinski definition) is 1. The van der Waals surface area contributed by atoms with Gasteiger partial charge in [0, 0.05) is 21.4 Å². The molecule has 0 amide bonds. The summed E-state index contributed by atoms with van der Waals surface area (Å²) in [6, 6.07) is 10.4. The van der Waals surface area contributed by atoms with E-state index in [4.69, 9.17) is 4.42 Å². The van der Waals surface area contributed by atoms with Crippen molar-refractivity contribution < 1.29 is 4.42 Å². The third kappa shape index (κ3) is 3.21. The van der Waals surface area contributed by atoms with E-state index in [1.807, 2.05) is 25.2 Å². The van der Waals surface area contributed by atoms with Gasteiger partial charge in [0.2, 0.25) is 0 Å². The van der Waals surface area contributed by atoms with Crippen molar-refractivity contribution in [3.8, 4) is 0 Å². The number of benzene rings is 1. The van der Waals surface area contributed by atoms with Crippen LogP contribution >= 0.6 is 31.9 Å². The van der Waals surface area contributed by atoms with E-state index in [1.54, 1.807) is 6.26 Å². The first kappa shape index (κ1) is 12.9. The Labute approximate surface area is 118 Å². The second-order valence-corrected chi connectivity index (χ2v) is 5.56. The second-order valence-electron chi connectivity index (χ2n) is 3.79. The van der Waals surface area contributed by atoms with Crippen molar-refractivity contribution in [1.29, 1.82) is 0 Å². The Bertz CT molecular complexity index is 482. The molecule has 0 fully saturated rings. The molecule has 4 heteroatoms. The van der Waals surface area contributed by atoms with Crippen LogP contribution in [0.1, 0.15) is 17.4 Å². The lowest BCUT2D eigenvalue weighted by molar-refractivity contribution is 0.465. The highest BCUT2D eigenvalue weighted by Gasteiger charge is 2.14. The summed E-state index contributed by atoms with van der Waals surface area (Å²) >= 11 is 7.05. The van der Waals surface area contributed by atoms with Crippen LogP contribution in [0.5, 0.6) is 0 Å². The van der Waals surface area contributed by atoms with Crippen molar-refractivity contribution in [2.75, 3.05) is 7.05 Å². The zero-order chi connectivity index (χ0) is 12.3. The van der Waals surface area contributed by atoms with Gasteiger partial charge in [0.05, 0.1) is 6.26 Å². The van der Waals surface area contributed by atoms with Gasteiger partial charge < -0.3 is 9.73 Å². The molecule has 1 heterocycles. The first-order chi connectivity index (χ1) is 8.20. The largest absolute Gasteiger partial charge is 0.469 e. The summed E-state index contributed by atoms with van der Waals surface area (Å²) < 4.78 is 7.55. The highest BCUT2D eigenvalue weighted by molar-refractivity contribution is 9.11. The lowest BCUT2D eigenvalue weighted by Gasteiger charge is -2.17. The number of likely N-dealkylation sites (N-methyl/N-ethyl adjacent to an activating group) is 1. The van der Waals surface area contributed by atoms with E-state index in [9.17, 15) is 0 Å². The van der Waals surface area contributed by atoms with Gasteiger partial charge in [-0.05, 0) is 36.9 Å². The van der Waals surface area contributed by atoms with E-state index in [-0.39, 0.29) is 6.04 Å². The van der Waals surface area contributed by atoms with Crippen LogP contribution < -0.4 is 5.32 Å². The molecule has 0 spiro atoms. The summed E-state index contributed by atoms with van der Waals surface area (Å²) in [4.78, 5) is 0. The monoisotopic (exact) mass is 357 g/mol. The lowest BCUT2D eigenvalue weighted by Crippen LogP contribution is -2.19. The molecule has 1 unspecified atom stereocenters. The summed E-state index contributed by atoms with van der Waals surface area (Å²) in [6.45, 7) is 0. The summed E-state index contributed by atoms with van der Waals surface area (Å²) in [5.74, 6) is 0.985. The fourth-order valence-corrected chi connectivity index (χ4v) is 3.10. The standard InChI is InChI=1S/C13H13Br2NO/c1-16-13(8-10-3-2-6-17-10)11-5-4-9(14)7-12(11)15/h2-7,13,16H,8H2,1H3. The van der Waals surface area contributed by atoms with Gasteiger partial charge in [-0.2, -0.15) is 0 Å². The Morgan fingerprint density at radius 3 is 2.71 bits per heavy atom. The van der Waals surface area contributed by atoms with E-state index in [1.165, 1.54) is 5.56 Å². The average molecular weight is 359 g/mol. The molecule has 0 aliphatic rings. The molecule has 90 valence electrons. The van der Waals surface area contributed by atoms with Crippen LogP contribution in [0.25, 0.3) is 0 Å². The van der Waals surface area contributed by atoms with E-state index in [0.29, 0.717) is 0 Å². The smallest absolute Gasteiger partial charge is 0.105 e. The number of hydrogen-bond acceptors (Lipinski definition) is 2. The number of nitrogens with one attached hydrogen (secondary N) is 1. The molecule has 1 aromatic heterocycles. The summed E-state index contributed by atoms with van der Waals surface area (Å²) in [5.41, 5.74) is 1.23. The van der Waals surface area contributed by atoms with Gasteiger partial charge in [-0.3, -0.25) is 0 Å². The van der Waals surface area contributed by atoms with Crippen molar-refractivity contribution >= 4 is 31.9 Å². The van der Waals surface area contributed by atoms with Gasteiger partial charge in [-0.15, -0.1) is 0 Å². The maximum atomic E-state index is 5.39. The van der Waals surface area contributed by atoms with Crippen LogP contribution in [0.15, 0.2) is 50.0 Å². The quantitative estimate of drug-likeness (QED) is 0.880. The van der Waals surface area contributed by atoms with Gasteiger partial charge in [-0.1, -0.05) is 37.9 Å². The van der Waals surface area contributed by atoms with Gasteiger partial charge in [0.1, 0.15) is 5.76 Å². The molecule has 0 saturated heterocycles. The zero-order valence-electron chi connectivity index (χ0n) is 9.41. The first-order valence-corrected chi connectivity index (χ1v) is 6.94. The minimum atomic E-state index is 0.239. The molecule has 0 aliphatic heterocycles. The fraction of sp³-hybridized carbons (Fsp3) is 0.231. The highest BCUT2D eigenvalue weighted by Crippen LogP contribution is 2.28. The van der Waals surface area contributed by atoms with Gasteiger partial charge in [-0.25, -0.2) is 0 Å². The Balaban J connectivity index is 2.23. The van der Waals surface area contributed by atoms with Crippen LogP contribution in [-0.2, 0) is 6.42 Å². The molecule has 0 bridgehead atoms. The molecule has 2 aromatic rings. The fourth-order valence-electron chi connectivity index (χ4n) is 1.78. The molecular weight excluding hydrogens is 346 g/mol. The second kappa shape index (κ2) is 5.85. The van der Waals surface area contributed by atoms with E-state index in [0.717, 1.165) is 21.1 Å². The van der Waals surface area contributed by atoms with Crippen molar-refractivity contribution in [2.24, 2.45) is 0 Å². The van der Waals surface area contributed by atoms with Crippen molar-refractivity contribution in [3.05, 3.63) is 56.9 Å². The first-order valence-electron chi connectivity index (χ1n) is 5.35. The van der Waals surface area contributed by atoms with Crippen LogP contribution in [0.2, 0.25) is 0 Å². The summed E-state index contributed by atoms with van der Waals surface area (Å²) in [7, 11) is 1.96. The van der Waals surface area contributed by atoms with E-state index >= 15 is 0 Å². The Morgan fingerprint density at radius 2 is 2.12 bits per heavy atom. The zero-order valence-corrected chi connectivity index (χ0v) is 12.6. The van der Waals surface area contributed by atoms with Gasteiger partial charge in [0.25, 0.3) is 0 Å². The Kier molecular flexibility index (Phi) is 4.42. The van der Waals surface area contributed by atoms with E-state index in [2.05, 4.69) is 49.3 Å². The number of furan rings is 1. The molecule has 2 nitrogen and oxygen atoms in total. The Morgan fingerprint density at radius 1 is 1.29 bits per heavy atom. The topological polar surface area (TPSA) is 25.2 Å². The van der Waals surface area contributed by atoms with Crippen molar-refractivity contribution in [1.82, 2.24) is 5.32 Å². The molecule has 0 saturated carbocycles. The Hall–Kier alpha value is -0.580. The summed E-state index contributed by atoms with van der Waals surface area (Å²) in [6.07, 6.45) is 2.54. The molecule has 1 atom stereocenters. The maximum Gasteiger partial charge on any atom is 0.105 e. The molecule has 1 N–H and O–H groups in total. The number of halogens is 2. The van der Waals surface area contributed by atoms with Crippen LogP contribution in [0.4, 0.5) is 0 Å². The normalized spacial score (nSPS) is 12.6.